The number of hydrogen-bond acceptors (Lipinski definition) is 4. The van der Waals surface area contributed by atoms with Crippen LogP contribution >= 0.6 is 0 Å². The second-order valence-electron chi connectivity index (χ2n) is 5.48. The third-order valence-electron chi connectivity index (χ3n) is 3.79. The number of aryl methyl sites for hydroxylation is 2. The Morgan fingerprint density at radius 1 is 1.30 bits per heavy atom. The van der Waals surface area contributed by atoms with Crippen LogP contribution in [0, 0.1) is 13.8 Å². The summed E-state index contributed by atoms with van der Waals surface area (Å²) in [4.78, 5) is 12.1. The Morgan fingerprint density at radius 3 is 2.57 bits per heavy atom. The molecule has 3 N–H and O–H groups in total. The van der Waals surface area contributed by atoms with E-state index in [1.54, 1.807) is 0 Å². The number of rotatable bonds is 7. The summed E-state index contributed by atoms with van der Waals surface area (Å²) in [6.45, 7) is 4.95. The van der Waals surface area contributed by atoms with Crippen LogP contribution in [0.5, 0.6) is 5.75 Å². The first kappa shape index (κ1) is 17.0. The van der Waals surface area contributed by atoms with Crippen LogP contribution in [0.1, 0.15) is 23.4 Å². The van der Waals surface area contributed by atoms with Crippen molar-refractivity contribution in [1.82, 2.24) is 9.78 Å². The zero-order valence-electron chi connectivity index (χ0n) is 13.9. The van der Waals surface area contributed by atoms with Crippen LogP contribution in [-0.4, -0.2) is 28.8 Å². The van der Waals surface area contributed by atoms with Gasteiger partial charge in [0.2, 0.25) is 5.91 Å². The molecule has 1 amide bonds. The number of nitrogens with two attached hydrogens (primary N) is 1. The maximum Gasteiger partial charge on any atom is 0.224 e. The van der Waals surface area contributed by atoms with Crippen molar-refractivity contribution in [3.63, 3.8) is 0 Å². The fourth-order valence-corrected chi connectivity index (χ4v) is 2.45. The molecular formula is C17H24N4O2. The van der Waals surface area contributed by atoms with Crippen LogP contribution in [0.4, 0.5) is 5.69 Å². The fraction of sp³-hybridized carbons (Fsp3) is 0.412. The lowest BCUT2D eigenvalue weighted by molar-refractivity contribution is -0.116. The molecule has 2 aromatic rings. The highest BCUT2D eigenvalue weighted by molar-refractivity contribution is 5.90. The van der Waals surface area contributed by atoms with E-state index in [1.807, 2.05) is 49.8 Å². The first-order valence-corrected chi connectivity index (χ1v) is 7.73. The maximum atomic E-state index is 12.1. The molecule has 0 saturated carbocycles. The molecule has 0 bridgehead atoms. The number of hydrogen-bond donors (Lipinski definition) is 2. The summed E-state index contributed by atoms with van der Waals surface area (Å²) in [6, 6.07) is 7.29. The van der Waals surface area contributed by atoms with Gasteiger partial charge in [0, 0.05) is 31.4 Å². The maximum absolute atomic E-state index is 12.1. The number of nitrogens with one attached hydrogen (secondary N) is 1. The lowest BCUT2D eigenvalue weighted by Gasteiger charge is -2.08. The van der Waals surface area contributed by atoms with Gasteiger partial charge in [-0.2, -0.15) is 5.10 Å². The highest BCUT2D eigenvalue weighted by Gasteiger charge is 2.11. The third-order valence-corrected chi connectivity index (χ3v) is 3.79. The van der Waals surface area contributed by atoms with Crippen LogP contribution in [0.2, 0.25) is 0 Å². The number of amides is 1. The van der Waals surface area contributed by atoms with E-state index in [-0.39, 0.29) is 5.91 Å². The van der Waals surface area contributed by atoms with E-state index < -0.39 is 0 Å². The van der Waals surface area contributed by atoms with Crippen molar-refractivity contribution in [1.29, 1.82) is 0 Å². The molecule has 6 heteroatoms. The van der Waals surface area contributed by atoms with Gasteiger partial charge in [0.05, 0.1) is 5.69 Å². The quantitative estimate of drug-likeness (QED) is 0.818. The minimum absolute atomic E-state index is 0.0109. The monoisotopic (exact) mass is 316 g/mol. The van der Waals surface area contributed by atoms with Gasteiger partial charge in [-0.25, -0.2) is 0 Å². The SMILES string of the molecule is Cc1nn(C)c(C)c1CCC(=O)Nc1ccc(OCCN)cc1. The van der Waals surface area contributed by atoms with Crippen molar-refractivity contribution in [2.24, 2.45) is 12.8 Å². The predicted octanol–water partition coefficient (Wildman–Crippen LogP) is 1.95. The predicted molar refractivity (Wildman–Crippen MR) is 90.6 cm³/mol. The minimum atomic E-state index is -0.0109. The number of nitrogens with zero attached hydrogens (tertiary/aromatic N) is 2. The summed E-state index contributed by atoms with van der Waals surface area (Å²) in [7, 11) is 1.92. The van der Waals surface area contributed by atoms with Gasteiger partial charge in [-0.05, 0) is 50.1 Å². The highest BCUT2D eigenvalue weighted by atomic mass is 16.5. The molecule has 23 heavy (non-hydrogen) atoms. The van der Waals surface area contributed by atoms with Crippen molar-refractivity contribution in [2.75, 3.05) is 18.5 Å². The molecule has 124 valence electrons. The Hall–Kier alpha value is -2.34. The van der Waals surface area contributed by atoms with E-state index in [0.29, 0.717) is 26.0 Å². The first-order chi connectivity index (χ1) is 11.0. The molecule has 2 rings (SSSR count). The van der Waals surface area contributed by atoms with Crippen LogP contribution in [0.25, 0.3) is 0 Å². The van der Waals surface area contributed by atoms with Crippen molar-refractivity contribution >= 4 is 11.6 Å². The standard InChI is InChI=1S/C17H24N4O2/c1-12-16(13(2)21(3)20-12)8-9-17(22)19-14-4-6-15(7-5-14)23-11-10-18/h4-7H,8-11,18H2,1-3H3,(H,19,22). The van der Waals surface area contributed by atoms with Crippen LogP contribution in [-0.2, 0) is 18.3 Å². The fourth-order valence-electron chi connectivity index (χ4n) is 2.45. The number of ether oxygens (including phenoxy) is 1. The Morgan fingerprint density at radius 2 is 2.00 bits per heavy atom. The number of aromatic nitrogens is 2. The van der Waals surface area contributed by atoms with E-state index in [2.05, 4.69) is 10.4 Å². The Labute approximate surface area is 136 Å². The smallest absolute Gasteiger partial charge is 0.224 e. The van der Waals surface area contributed by atoms with E-state index in [0.717, 1.165) is 28.4 Å². The summed E-state index contributed by atoms with van der Waals surface area (Å²) in [5, 5.41) is 7.26. The van der Waals surface area contributed by atoms with Gasteiger partial charge < -0.3 is 15.8 Å². The summed E-state index contributed by atoms with van der Waals surface area (Å²) >= 11 is 0. The lowest BCUT2D eigenvalue weighted by Crippen LogP contribution is -2.13. The summed E-state index contributed by atoms with van der Waals surface area (Å²) < 4.78 is 7.25. The zero-order chi connectivity index (χ0) is 16.8. The molecule has 1 heterocycles. The van der Waals surface area contributed by atoms with Gasteiger partial charge >= 0.3 is 0 Å². The molecule has 0 aliphatic rings. The molecule has 0 radical (unpaired) electrons. The van der Waals surface area contributed by atoms with E-state index in [1.165, 1.54) is 0 Å². The van der Waals surface area contributed by atoms with Crippen molar-refractivity contribution in [3.8, 4) is 5.75 Å². The summed E-state index contributed by atoms with van der Waals surface area (Å²) in [5.74, 6) is 0.735. The lowest BCUT2D eigenvalue weighted by atomic mass is 10.1. The topological polar surface area (TPSA) is 82.2 Å². The molecule has 1 aromatic heterocycles. The van der Waals surface area contributed by atoms with E-state index in [9.17, 15) is 4.79 Å². The second kappa shape index (κ2) is 7.78. The van der Waals surface area contributed by atoms with Gasteiger partial charge in [0.25, 0.3) is 0 Å². The molecule has 0 spiro atoms. The summed E-state index contributed by atoms with van der Waals surface area (Å²) in [5.41, 5.74) is 9.39. The van der Waals surface area contributed by atoms with Gasteiger partial charge in [-0.1, -0.05) is 0 Å². The molecule has 0 fully saturated rings. The highest BCUT2D eigenvalue weighted by Crippen LogP contribution is 2.17. The largest absolute Gasteiger partial charge is 0.492 e. The molecule has 0 aliphatic carbocycles. The molecule has 0 saturated heterocycles. The first-order valence-electron chi connectivity index (χ1n) is 7.73. The molecule has 0 atom stereocenters. The van der Waals surface area contributed by atoms with Crippen molar-refractivity contribution in [2.45, 2.75) is 26.7 Å². The third kappa shape index (κ3) is 4.56. The van der Waals surface area contributed by atoms with Crippen LogP contribution in [0.15, 0.2) is 24.3 Å². The number of anilines is 1. The van der Waals surface area contributed by atoms with Gasteiger partial charge in [0.15, 0.2) is 0 Å². The van der Waals surface area contributed by atoms with E-state index >= 15 is 0 Å². The zero-order valence-corrected chi connectivity index (χ0v) is 13.9. The van der Waals surface area contributed by atoms with Crippen molar-refractivity contribution < 1.29 is 9.53 Å². The Balaban J connectivity index is 1.87. The molecule has 1 aromatic carbocycles. The Kier molecular flexibility index (Phi) is 5.76. The van der Waals surface area contributed by atoms with Crippen LogP contribution < -0.4 is 15.8 Å². The normalized spacial score (nSPS) is 10.6. The minimum Gasteiger partial charge on any atom is -0.492 e. The van der Waals surface area contributed by atoms with Crippen LogP contribution in [0.3, 0.4) is 0 Å². The number of carbonyl (C=O) groups is 1. The average Bonchev–Trinajstić information content (AvgIpc) is 2.77. The number of benzene rings is 1. The molecule has 0 aliphatic heterocycles. The van der Waals surface area contributed by atoms with Gasteiger partial charge in [-0.15, -0.1) is 0 Å². The van der Waals surface area contributed by atoms with E-state index in [4.69, 9.17) is 10.5 Å². The van der Waals surface area contributed by atoms with Crippen molar-refractivity contribution in [3.05, 3.63) is 41.2 Å². The average molecular weight is 316 g/mol. The molecule has 0 unspecified atom stereocenters. The second-order valence-corrected chi connectivity index (χ2v) is 5.48. The summed E-state index contributed by atoms with van der Waals surface area (Å²) in [6.07, 6.45) is 1.12. The van der Waals surface area contributed by atoms with Gasteiger partial charge in [-0.3, -0.25) is 9.48 Å². The number of carbonyl (C=O) groups excluding carboxylic acids is 1. The molecule has 6 nitrogen and oxygen atoms in total. The molecular weight excluding hydrogens is 292 g/mol. The van der Waals surface area contributed by atoms with Gasteiger partial charge in [0.1, 0.15) is 12.4 Å². The Bertz CT molecular complexity index is 662.